The van der Waals surface area contributed by atoms with Gasteiger partial charge in [0.05, 0.1) is 10.7 Å². The Labute approximate surface area is 149 Å². The monoisotopic (exact) mass is 369 g/mol. The summed E-state index contributed by atoms with van der Waals surface area (Å²) in [6.07, 6.45) is 1.96. The van der Waals surface area contributed by atoms with E-state index in [0.29, 0.717) is 40.7 Å². The van der Waals surface area contributed by atoms with E-state index >= 15 is 0 Å². The summed E-state index contributed by atoms with van der Waals surface area (Å²) < 4.78 is 0. The molecule has 0 saturated carbocycles. The number of amides is 2. The van der Waals surface area contributed by atoms with Crippen LogP contribution in [-0.4, -0.2) is 36.2 Å². The molecule has 2 aliphatic rings. The van der Waals surface area contributed by atoms with Gasteiger partial charge in [0.25, 0.3) is 5.91 Å². The zero-order valence-corrected chi connectivity index (χ0v) is 14.4. The smallest absolute Gasteiger partial charge is 0.264 e. The first kappa shape index (κ1) is 17.0. The number of carbonyl (C=O) groups is 2. The Hall–Kier alpha value is -1.79. The summed E-state index contributed by atoms with van der Waals surface area (Å²) in [6, 6.07) is 4.54. The van der Waals surface area contributed by atoms with Crippen LogP contribution < -0.4 is 10.6 Å². The molecule has 24 heavy (non-hydrogen) atoms. The molecule has 1 aromatic rings. The number of rotatable bonds is 3. The number of hydrogen-bond acceptors (Lipinski definition) is 4. The molecule has 8 heteroatoms. The van der Waals surface area contributed by atoms with Gasteiger partial charge in [-0.2, -0.15) is 0 Å². The van der Waals surface area contributed by atoms with Gasteiger partial charge in [-0.05, 0) is 31.4 Å². The maximum absolute atomic E-state index is 12.3. The van der Waals surface area contributed by atoms with Crippen LogP contribution in [0.4, 0.5) is 0 Å². The highest BCUT2D eigenvalue weighted by Gasteiger charge is 2.32. The van der Waals surface area contributed by atoms with E-state index < -0.39 is 12.1 Å². The van der Waals surface area contributed by atoms with Crippen molar-refractivity contribution in [2.45, 2.75) is 37.8 Å². The third-order valence-electron chi connectivity index (χ3n) is 4.06. The van der Waals surface area contributed by atoms with Crippen molar-refractivity contribution in [2.75, 3.05) is 6.54 Å². The first-order valence-electron chi connectivity index (χ1n) is 7.81. The van der Waals surface area contributed by atoms with Gasteiger partial charge in [-0.15, -0.1) is 0 Å². The highest BCUT2D eigenvalue weighted by molar-refractivity contribution is 6.37. The molecule has 2 aliphatic heterocycles. The number of benzene rings is 1. The predicted octanol–water partition coefficient (Wildman–Crippen LogP) is 2.27. The number of halogens is 2. The molecular formula is C16H17Cl2N3O3. The van der Waals surface area contributed by atoms with Crippen molar-refractivity contribution in [3.8, 4) is 0 Å². The van der Waals surface area contributed by atoms with Crippen LogP contribution in [0, 0.1) is 0 Å². The van der Waals surface area contributed by atoms with E-state index in [-0.39, 0.29) is 11.8 Å². The van der Waals surface area contributed by atoms with Crippen LogP contribution >= 0.6 is 23.2 Å². The number of oxime groups is 1. The van der Waals surface area contributed by atoms with Gasteiger partial charge in [0.1, 0.15) is 6.04 Å². The van der Waals surface area contributed by atoms with Crippen molar-refractivity contribution >= 4 is 40.7 Å². The zero-order valence-electron chi connectivity index (χ0n) is 12.9. The lowest BCUT2D eigenvalue weighted by Gasteiger charge is -2.17. The quantitative estimate of drug-likeness (QED) is 0.857. The minimum absolute atomic E-state index is 0.152. The van der Waals surface area contributed by atoms with Gasteiger partial charge in [-0.3, -0.25) is 9.59 Å². The highest BCUT2D eigenvalue weighted by Crippen LogP contribution is 2.26. The van der Waals surface area contributed by atoms with Crippen LogP contribution in [0.5, 0.6) is 0 Å². The van der Waals surface area contributed by atoms with E-state index in [4.69, 9.17) is 28.0 Å². The predicted molar refractivity (Wildman–Crippen MR) is 91.3 cm³/mol. The molecule has 1 aromatic carbocycles. The molecule has 2 heterocycles. The Morgan fingerprint density at radius 1 is 1.33 bits per heavy atom. The van der Waals surface area contributed by atoms with Gasteiger partial charge in [0.2, 0.25) is 12.0 Å². The average molecular weight is 370 g/mol. The lowest BCUT2D eigenvalue weighted by Crippen LogP contribution is -2.48. The molecule has 0 bridgehead atoms. The number of nitrogens with one attached hydrogen (secondary N) is 2. The van der Waals surface area contributed by atoms with E-state index in [0.717, 1.165) is 12.8 Å². The van der Waals surface area contributed by atoms with Crippen LogP contribution in [0.25, 0.3) is 0 Å². The van der Waals surface area contributed by atoms with E-state index in [1.54, 1.807) is 18.2 Å². The standard InChI is InChI=1S/C16H17Cl2N3O3/c17-9-4-5-10(11(18)7-9)13-8-14(24-21-13)16(23)20-12-3-1-2-6-19-15(12)22/h4-5,7,12,14H,1-3,6,8H2,(H,19,22)(H,20,23)/t12-,14-/m0/s1. The third kappa shape index (κ3) is 3.82. The van der Waals surface area contributed by atoms with Crippen molar-refractivity contribution in [1.82, 2.24) is 10.6 Å². The van der Waals surface area contributed by atoms with E-state index in [9.17, 15) is 9.59 Å². The summed E-state index contributed by atoms with van der Waals surface area (Å²) in [6.45, 7) is 0.646. The van der Waals surface area contributed by atoms with E-state index in [1.807, 2.05) is 0 Å². The molecule has 1 saturated heterocycles. The second-order valence-corrected chi connectivity index (χ2v) is 6.65. The number of nitrogens with zero attached hydrogens (tertiary/aromatic N) is 1. The molecule has 6 nitrogen and oxygen atoms in total. The van der Waals surface area contributed by atoms with Gasteiger partial charge in [0, 0.05) is 23.6 Å². The van der Waals surface area contributed by atoms with Crippen LogP contribution in [0.2, 0.25) is 10.0 Å². The normalized spacial score (nSPS) is 23.8. The Bertz CT molecular complexity index is 693. The Morgan fingerprint density at radius 2 is 2.17 bits per heavy atom. The molecular weight excluding hydrogens is 353 g/mol. The fourth-order valence-electron chi connectivity index (χ4n) is 2.74. The van der Waals surface area contributed by atoms with Gasteiger partial charge in [-0.25, -0.2) is 0 Å². The summed E-state index contributed by atoms with van der Waals surface area (Å²) in [4.78, 5) is 29.5. The minimum Gasteiger partial charge on any atom is -0.382 e. The van der Waals surface area contributed by atoms with Crippen LogP contribution in [-0.2, 0) is 14.4 Å². The second kappa shape index (κ2) is 7.40. The molecule has 0 spiro atoms. The SMILES string of the molecule is O=C1NCCCC[C@@H]1NC(=O)[C@@H]1CC(c2ccc(Cl)cc2Cl)=NO1. The summed E-state index contributed by atoms with van der Waals surface area (Å²) >= 11 is 12.0. The topological polar surface area (TPSA) is 79.8 Å². The zero-order chi connectivity index (χ0) is 17.1. The van der Waals surface area contributed by atoms with Crippen molar-refractivity contribution < 1.29 is 14.4 Å². The van der Waals surface area contributed by atoms with Crippen molar-refractivity contribution in [2.24, 2.45) is 5.16 Å². The van der Waals surface area contributed by atoms with Gasteiger partial charge < -0.3 is 15.5 Å². The van der Waals surface area contributed by atoms with Crippen molar-refractivity contribution in [3.05, 3.63) is 33.8 Å². The largest absolute Gasteiger partial charge is 0.382 e. The minimum atomic E-state index is -0.761. The molecule has 2 N–H and O–H groups in total. The first-order chi connectivity index (χ1) is 11.5. The highest BCUT2D eigenvalue weighted by atomic mass is 35.5. The average Bonchev–Trinajstić information content (AvgIpc) is 2.94. The van der Waals surface area contributed by atoms with Crippen LogP contribution in [0.1, 0.15) is 31.2 Å². The molecule has 0 aliphatic carbocycles. The fraction of sp³-hybridized carbons (Fsp3) is 0.438. The molecule has 0 radical (unpaired) electrons. The Kier molecular flexibility index (Phi) is 5.26. The lowest BCUT2D eigenvalue weighted by molar-refractivity contribution is -0.135. The Morgan fingerprint density at radius 3 is 2.96 bits per heavy atom. The molecule has 3 rings (SSSR count). The molecule has 2 atom stereocenters. The molecule has 1 fully saturated rings. The maximum atomic E-state index is 12.3. The second-order valence-electron chi connectivity index (χ2n) is 5.81. The summed E-state index contributed by atoms with van der Waals surface area (Å²) in [7, 11) is 0. The number of hydrogen-bond donors (Lipinski definition) is 2. The summed E-state index contributed by atoms with van der Waals surface area (Å²) in [5.41, 5.74) is 1.27. The van der Waals surface area contributed by atoms with Gasteiger partial charge in [0.15, 0.2) is 0 Å². The lowest BCUT2D eigenvalue weighted by atomic mass is 10.0. The fourth-order valence-corrected chi connectivity index (χ4v) is 3.26. The summed E-state index contributed by atoms with van der Waals surface area (Å²) in [5, 5.41) is 10.5. The van der Waals surface area contributed by atoms with E-state index in [2.05, 4.69) is 15.8 Å². The Balaban J connectivity index is 1.61. The van der Waals surface area contributed by atoms with Gasteiger partial charge >= 0.3 is 0 Å². The van der Waals surface area contributed by atoms with Gasteiger partial charge in [-0.1, -0.05) is 34.4 Å². The third-order valence-corrected chi connectivity index (χ3v) is 4.60. The number of carbonyl (C=O) groups excluding carboxylic acids is 2. The maximum Gasteiger partial charge on any atom is 0.264 e. The van der Waals surface area contributed by atoms with Crippen LogP contribution in [0.3, 0.4) is 0 Å². The molecule has 0 unspecified atom stereocenters. The summed E-state index contributed by atoms with van der Waals surface area (Å²) in [5.74, 6) is -0.498. The molecule has 0 aromatic heterocycles. The first-order valence-corrected chi connectivity index (χ1v) is 8.56. The van der Waals surface area contributed by atoms with E-state index in [1.165, 1.54) is 0 Å². The van der Waals surface area contributed by atoms with Crippen molar-refractivity contribution in [3.63, 3.8) is 0 Å². The molecule has 2 amide bonds. The van der Waals surface area contributed by atoms with Crippen molar-refractivity contribution in [1.29, 1.82) is 0 Å². The van der Waals surface area contributed by atoms with Crippen LogP contribution in [0.15, 0.2) is 23.4 Å². The molecule has 128 valence electrons.